The van der Waals surface area contributed by atoms with E-state index < -0.39 is 29.2 Å². The molecular formula is C26H28N3O6S-. The van der Waals surface area contributed by atoms with Crippen molar-refractivity contribution in [2.24, 2.45) is 0 Å². The summed E-state index contributed by atoms with van der Waals surface area (Å²) in [4.78, 5) is 41.4. The molecule has 3 amide bonds. The zero-order valence-electron chi connectivity index (χ0n) is 20.1. The molecule has 1 aliphatic carbocycles. The molecule has 0 bridgehead atoms. The van der Waals surface area contributed by atoms with Crippen LogP contribution in [0, 0.1) is 0 Å². The van der Waals surface area contributed by atoms with Crippen molar-refractivity contribution < 1.29 is 27.9 Å². The van der Waals surface area contributed by atoms with Gasteiger partial charge in [0.15, 0.2) is 0 Å². The molecule has 0 radical (unpaired) electrons. The van der Waals surface area contributed by atoms with Gasteiger partial charge in [-0.2, -0.15) is 0 Å². The van der Waals surface area contributed by atoms with Crippen molar-refractivity contribution in [2.45, 2.75) is 51.5 Å². The van der Waals surface area contributed by atoms with Crippen molar-refractivity contribution in [3.8, 4) is 0 Å². The van der Waals surface area contributed by atoms with Gasteiger partial charge in [-0.25, -0.2) is 9.69 Å². The van der Waals surface area contributed by atoms with Crippen LogP contribution in [0.4, 0.5) is 16.2 Å². The fraction of sp³-hybridized carbons (Fsp3) is 0.423. The lowest BCUT2D eigenvalue weighted by Gasteiger charge is -2.40. The van der Waals surface area contributed by atoms with E-state index >= 15 is 0 Å². The normalized spacial score (nSPS) is 18.6. The lowest BCUT2D eigenvalue weighted by atomic mass is 9.89. The zero-order chi connectivity index (χ0) is 25.4. The highest BCUT2D eigenvalue weighted by Crippen LogP contribution is 2.40. The van der Waals surface area contributed by atoms with Crippen LogP contribution in [-0.4, -0.2) is 57.3 Å². The Morgan fingerprint density at radius 2 is 1.72 bits per heavy atom. The van der Waals surface area contributed by atoms with Crippen molar-refractivity contribution >= 4 is 40.5 Å². The maximum Gasteiger partial charge on any atom is 0.409 e. The SMILES string of the molecule is CCOC(=O)N1CCC(N(c2cc3c(c(N4C(=O)c5ccccc5C4=O)c2)CCCC3)S(=O)[O-])CC1. The number of piperidine rings is 1. The van der Waals surface area contributed by atoms with Crippen molar-refractivity contribution in [3.63, 3.8) is 0 Å². The molecule has 0 spiro atoms. The number of anilines is 2. The van der Waals surface area contributed by atoms with E-state index in [0.29, 0.717) is 48.4 Å². The Morgan fingerprint density at radius 1 is 1.08 bits per heavy atom. The van der Waals surface area contributed by atoms with Gasteiger partial charge in [-0.15, -0.1) is 0 Å². The van der Waals surface area contributed by atoms with Crippen molar-refractivity contribution in [3.05, 3.63) is 58.7 Å². The van der Waals surface area contributed by atoms with Crippen LogP contribution in [0.3, 0.4) is 0 Å². The van der Waals surface area contributed by atoms with Gasteiger partial charge in [-0.05, 0) is 80.8 Å². The third-order valence-electron chi connectivity index (χ3n) is 7.20. The van der Waals surface area contributed by atoms with Gasteiger partial charge in [-0.3, -0.25) is 18.1 Å². The lowest BCUT2D eigenvalue weighted by molar-refractivity contribution is 0.0923. The van der Waals surface area contributed by atoms with Crippen LogP contribution in [0.5, 0.6) is 0 Å². The van der Waals surface area contributed by atoms with Crippen molar-refractivity contribution in [1.82, 2.24) is 4.90 Å². The molecule has 9 nitrogen and oxygen atoms in total. The number of hydrogen-bond acceptors (Lipinski definition) is 6. The molecule has 1 fully saturated rings. The van der Waals surface area contributed by atoms with Gasteiger partial charge in [0.2, 0.25) is 0 Å². The zero-order valence-corrected chi connectivity index (χ0v) is 20.9. The topological polar surface area (TPSA) is 110 Å². The van der Waals surface area contributed by atoms with Crippen LogP contribution in [0.1, 0.15) is 64.4 Å². The molecular weight excluding hydrogens is 482 g/mol. The predicted molar refractivity (Wildman–Crippen MR) is 134 cm³/mol. The Balaban J connectivity index is 1.51. The van der Waals surface area contributed by atoms with Gasteiger partial charge in [0.25, 0.3) is 11.8 Å². The summed E-state index contributed by atoms with van der Waals surface area (Å²) in [5.41, 5.74) is 3.50. The van der Waals surface area contributed by atoms with Gasteiger partial charge in [-0.1, -0.05) is 12.1 Å². The number of rotatable bonds is 5. The van der Waals surface area contributed by atoms with Crippen LogP contribution >= 0.6 is 0 Å². The summed E-state index contributed by atoms with van der Waals surface area (Å²) in [6, 6.07) is 9.92. The van der Waals surface area contributed by atoms with E-state index in [1.54, 1.807) is 42.2 Å². The third-order valence-corrected chi connectivity index (χ3v) is 8.03. The first-order valence-electron chi connectivity index (χ1n) is 12.3. The predicted octanol–water partition coefficient (Wildman–Crippen LogP) is 3.59. The summed E-state index contributed by atoms with van der Waals surface area (Å²) < 4.78 is 31.4. The Morgan fingerprint density at radius 3 is 2.33 bits per heavy atom. The molecule has 3 aliphatic rings. The number of benzene rings is 2. The summed E-state index contributed by atoms with van der Waals surface area (Å²) in [5.74, 6) is -0.781. The summed E-state index contributed by atoms with van der Waals surface area (Å²) >= 11 is -2.59. The van der Waals surface area contributed by atoms with Crippen molar-refractivity contribution in [1.29, 1.82) is 0 Å². The Kier molecular flexibility index (Phi) is 6.81. The van der Waals surface area contributed by atoms with Gasteiger partial charge >= 0.3 is 6.09 Å². The van der Waals surface area contributed by atoms with E-state index in [-0.39, 0.29) is 12.6 Å². The second kappa shape index (κ2) is 10.0. The third kappa shape index (κ3) is 4.28. The average molecular weight is 511 g/mol. The Labute approximate surface area is 212 Å². The van der Waals surface area contributed by atoms with E-state index in [0.717, 1.165) is 36.8 Å². The average Bonchev–Trinajstić information content (AvgIpc) is 3.14. The molecule has 0 N–H and O–H groups in total. The number of nitrogens with zero attached hydrogens (tertiary/aromatic N) is 3. The van der Waals surface area contributed by atoms with Gasteiger partial charge in [0, 0.05) is 30.4 Å². The van der Waals surface area contributed by atoms with E-state index in [2.05, 4.69) is 0 Å². The van der Waals surface area contributed by atoms with E-state index in [1.165, 1.54) is 9.21 Å². The van der Waals surface area contributed by atoms with Gasteiger partial charge in [0.05, 0.1) is 29.1 Å². The highest BCUT2D eigenvalue weighted by atomic mass is 32.2. The second-order valence-corrected chi connectivity index (χ2v) is 10.1. The number of hydrogen-bond donors (Lipinski definition) is 0. The maximum absolute atomic E-state index is 13.3. The second-order valence-electron chi connectivity index (χ2n) is 9.26. The largest absolute Gasteiger partial charge is 0.755 e. The van der Waals surface area contributed by atoms with Crippen LogP contribution in [0.2, 0.25) is 0 Å². The summed E-state index contributed by atoms with van der Waals surface area (Å²) in [7, 11) is 0. The minimum atomic E-state index is -2.59. The van der Waals surface area contributed by atoms with E-state index in [9.17, 15) is 23.1 Å². The molecule has 2 aliphatic heterocycles. The Hall–Kier alpha value is -3.24. The molecule has 0 aromatic heterocycles. The number of ether oxygens (including phenoxy) is 1. The minimum Gasteiger partial charge on any atom is -0.755 e. The molecule has 5 rings (SSSR count). The summed E-state index contributed by atoms with van der Waals surface area (Å²) in [6.07, 6.45) is 3.87. The number of carbonyl (C=O) groups is 3. The lowest BCUT2D eigenvalue weighted by Crippen LogP contribution is -2.47. The van der Waals surface area contributed by atoms with Gasteiger partial charge < -0.3 is 14.2 Å². The maximum atomic E-state index is 13.3. The fourth-order valence-corrected chi connectivity index (χ4v) is 6.21. The molecule has 2 heterocycles. The molecule has 2 aromatic rings. The first-order valence-corrected chi connectivity index (χ1v) is 13.4. The molecule has 0 saturated carbocycles. The van der Waals surface area contributed by atoms with Gasteiger partial charge in [0.1, 0.15) is 0 Å². The standard InChI is InChI=1S/C26H29N3O6S/c1-2-35-26(32)27-13-11-18(12-14-27)29(36(33)34)19-15-17-7-3-4-8-20(17)23(16-19)28-24(30)21-9-5-6-10-22(21)25(28)31/h5-6,9-10,15-16,18H,2-4,7-8,11-14H2,1H3,(H,33,34)/p-1. The van der Waals surface area contributed by atoms with E-state index in [4.69, 9.17) is 4.74 Å². The highest BCUT2D eigenvalue weighted by molar-refractivity contribution is 7.80. The first kappa shape index (κ1) is 24.5. The smallest absolute Gasteiger partial charge is 0.409 e. The summed E-state index contributed by atoms with van der Waals surface area (Å²) in [5, 5.41) is 0. The van der Waals surface area contributed by atoms with Crippen molar-refractivity contribution in [2.75, 3.05) is 28.9 Å². The number of aryl methyl sites for hydroxylation is 1. The molecule has 1 unspecified atom stereocenters. The van der Waals surface area contributed by atoms with Crippen LogP contribution in [0.15, 0.2) is 36.4 Å². The number of amides is 3. The molecule has 190 valence electrons. The molecule has 10 heteroatoms. The molecule has 2 aromatic carbocycles. The number of imide groups is 1. The number of carbonyl (C=O) groups excluding carboxylic acids is 3. The quantitative estimate of drug-likeness (QED) is 0.449. The van der Waals surface area contributed by atoms with Crippen LogP contribution in [-0.2, 0) is 28.8 Å². The molecule has 36 heavy (non-hydrogen) atoms. The summed E-state index contributed by atoms with van der Waals surface area (Å²) in [6.45, 7) is 2.79. The fourth-order valence-electron chi connectivity index (χ4n) is 5.48. The van der Waals surface area contributed by atoms with E-state index in [1.807, 2.05) is 6.07 Å². The number of likely N-dealkylation sites (tertiary alicyclic amines) is 1. The molecule has 1 atom stereocenters. The highest BCUT2D eigenvalue weighted by Gasteiger charge is 2.39. The monoisotopic (exact) mass is 510 g/mol. The van der Waals surface area contributed by atoms with Crippen LogP contribution < -0.4 is 9.21 Å². The van der Waals surface area contributed by atoms with Crippen LogP contribution in [0.25, 0.3) is 0 Å². The Bertz CT molecular complexity index is 1210. The minimum absolute atomic E-state index is 0.283. The first-order chi connectivity index (χ1) is 17.4. The molecule has 1 saturated heterocycles. The number of fused-ring (bicyclic) bond motifs is 2.